The summed E-state index contributed by atoms with van der Waals surface area (Å²) in [6.45, 7) is 1.67. The zero-order valence-electron chi connectivity index (χ0n) is 14.7. The molecule has 1 N–H and O–H groups in total. The van der Waals surface area contributed by atoms with Crippen LogP contribution in [0.25, 0.3) is 16.6 Å². The molecule has 0 spiro atoms. The highest BCUT2D eigenvalue weighted by molar-refractivity contribution is 6.30. The smallest absolute Gasteiger partial charge is 0.336 e. The molecule has 138 valence electrons. The number of benzene rings is 2. The number of rotatable bonds is 4. The van der Waals surface area contributed by atoms with Crippen LogP contribution in [0.15, 0.2) is 58.1 Å². The molecule has 7 heteroatoms. The van der Waals surface area contributed by atoms with Gasteiger partial charge in [-0.1, -0.05) is 29.8 Å². The maximum atomic E-state index is 13.3. The largest absolute Gasteiger partial charge is 0.352 e. The Hall–Kier alpha value is -2.86. The molecule has 2 aromatic carbocycles. The number of nitrogens with zero attached hydrogens (tertiary/aromatic N) is 2. The first-order valence-corrected chi connectivity index (χ1v) is 9.18. The highest BCUT2D eigenvalue weighted by atomic mass is 35.5. The Balaban J connectivity index is 1.98. The molecule has 1 saturated carbocycles. The summed E-state index contributed by atoms with van der Waals surface area (Å²) in [6.07, 6.45) is 1.91. The van der Waals surface area contributed by atoms with Gasteiger partial charge in [0.05, 0.1) is 16.6 Å². The summed E-state index contributed by atoms with van der Waals surface area (Å²) in [7, 11) is 0. The van der Waals surface area contributed by atoms with Crippen LogP contribution in [0.5, 0.6) is 0 Å². The van der Waals surface area contributed by atoms with Crippen LogP contribution in [-0.2, 0) is 4.79 Å². The number of nitrogens with one attached hydrogen (secondary N) is 1. The maximum Gasteiger partial charge on any atom is 0.336 e. The highest BCUT2D eigenvalue weighted by Crippen LogP contribution is 2.21. The second-order valence-electron chi connectivity index (χ2n) is 6.75. The monoisotopic (exact) mass is 383 g/mol. The van der Waals surface area contributed by atoms with Crippen molar-refractivity contribution in [2.75, 3.05) is 0 Å². The van der Waals surface area contributed by atoms with Crippen molar-refractivity contribution in [2.45, 2.75) is 31.8 Å². The van der Waals surface area contributed by atoms with Crippen LogP contribution in [0.3, 0.4) is 0 Å². The van der Waals surface area contributed by atoms with E-state index in [1.54, 1.807) is 55.5 Å². The number of fused-ring (bicyclic) bond motifs is 1. The lowest BCUT2D eigenvalue weighted by molar-refractivity contribution is -0.124. The Morgan fingerprint density at radius 1 is 1.15 bits per heavy atom. The molecule has 0 unspecified atom stereocenters. The molecule has 1 aliphatic rings. The molecule has 3 aromatic rings. The quantitative estimate of drug-likeness (QED) is 0.752. The third-order valence-electron chi connectivity index (χ3n) is 4.75. The minimum atomic E-state index is -0.756. The second kappa shape index (κ2) is 6.70. The topological polar surface area (TPSA) is 73.1 Å². The van der Waals surface area contributed by atoms with Gasteiger partial charge in [0.2, 0.25) is 5.91 Å². The zero-order valence-corrected chi connectivity index (χ0v) is 15.4. The summed E-state index contributed by atoms with van der Waals surface area (Å²) in [5.41, 5.74) is -0.209. The predicted octanol–water partition coefficient (Wildman–Crippen LogP) is 2.65. The molecule has 1 atom stereocenters. The van der Waals surface area contributed by atoms with Gasteiger partial charge in [-0.05, 0) is 50.1 Å². The van der Waals surface area contributed by atoms with E-state index < -0.39 is 17.3 Å². The number of aromatic nitrogens is 2. The van der Waals surface area contributed by atoms with Crippen molar-refractivity contribution in [3.05, 3.63) is 74.4 Å². The Kier molecular flexibility index (Phi) is 4.36. The van der Waals surface area contributed by atoms with Gasteiger partial charge >= 0.3 is 5.69 Å². The van der Waals surface area contributed by atoms with E-state index in [0.29, 0.717) is 21.6 Å². The van der Waals surface area contributed by atoms with Crippen molar-refractivity contribution in [3.8, 4) is 5.69 Å². The van der Waals surface area contributed by atoms with Crippen LogP contribution >= 0.6 is 11.6 Å². The number of carbonyl (C=O) groups excluding carboxylic acids is 1. The predicted molar refractivity (Wildman–Crippen MR) is 105 cm³/mol. The average molecular weight is 384 g/mol. The summed E-state index contributed by atoms with van der Waals surface area (Å²) in [5.74, 6) is -0.235. The number of para-hydroxylation sites is 1. The maximum absolute atomic E-state index is 13.3. The van der Waals surface area contributed by atoms with Crippen molar-refractivity contribution >= 4 is 28.4 Å². The number of carbonyl (C=O) groups is 1. The summed E-state index contributed by atoms with van der Waals surface area (Å²) in [6, 6.07) is 12.8. The van der Waals surface area contributed by atoms with E-state index in [1.165, 1.54) is 4.57 Å². The first-order valence-electron chi connectivity index (χ1n) is 8.80. The van der Waals surface area contributed by atoms with Crippen molar-refractivity contribution in [1.29, 1.82) is 0 Å². The Bertz CT molecular complexity index is 1160. The van der Waals surface area contributed by atoms with E-state index in [9.17, 15) is 14.4 Å². The summed E-state index contributed by atoms with van der Waals surface area (Å²) < 4.78 is 2.43. The van der Waals surface area contributed by atoms with Crippen LogP contribution < -0.4 is 16.6 Å². The van der Waals surface area contributed by atoms with Crippen molar-refractivity contribution < 1.29 is 4.79 Å². The van der Waals surface area contributed by atoms with Gasteiger partial charge in [-0.2, -0.15) is 0 Å². The number of amides is 1. The fourth-order valence-electron chi connectivity index (χ4n) is 3.17. The first-order chi connectivity index (χ1) is 13.0. The zero-order chi connectivity index (χ0) is 19.1. The van der Waals surface area contributed by atoms with Crippen LogP contribution in [0.2, 0.25) is 5.02 Å². The Morgan fingerprint density at radius 3 is 2.59 bits per heavy atom. The van der Waals surface area contributed by atoms with E-state index in [2.05, 4.69) is 5.32 Å². The minimum Gasteiger partial charge on any atom is -0.352 e. The molecular formula is C20H18ClN3O3. The van der Waals surface area contributed by atoms with E-state index >= 15 is 0 Å². The molecule has 0 aliphatic heterocycles. The Labute approximate surface area is 160 Å². The van der Waals surface area contributed by atoms with E-state index in [-0.39, 0.29) is 11.9 Å². The first kappa shape index (κ1) is 17.5. The normalized spacial score (nSPS) is 14.9. The number of hydrogen-bond donors (Lipinski definition) is 1. The molecule has 0 radical (unpaired) electrons. The molecule has 27 heavy (non-hydrogen) atoms. The lowest BCUT2D eigenvalue weighted by Gasteiger charge is -2.19. The standard InChI is InChI=1S/C20H18ClN3O3/c1-12(18(25)22-14-9-10-14)23-17-8-3-2-7-16(17)19(26)24(20(23)27)15-6-4-5-13(21)11-15/h2-8,11-12,14H,9-10H2,1H3,(H,22,25)/t12-/m1/s1. The number of halogens is 1. The molecule has 1 heterocycles. The number of hydrogen-bond acceptors (Lipinski definition) is 3. The van der Waals surface area contributed by atoms with Crippen LogP contribution in [0.4, 0.5) is 0 Å². The molecule has 4 rings (SSSR count). The average Bonchev–Trinajstić information content (AvgIpc) is 3.46. The summed E-state index contributed by atoms with van der Waals surface area (Å²) in [5, 5.41) is 3.70. The second-order valence-corrected chi connectivity index (χ2v) is 7.19. The molecule has 1 aliphatic carbocycles. The van der Waals surface area contributed by atoms with Crippen LogP contribution in [-0.4, -0.2) is 21.1 Å². The van der Waals surface area contributed by atoms with Gasteiger partial charge in [0, 0.05) is 11.1 Å². The van der Waals surface area contributed by atoms with Crippen LogP contribution in [0.1, 0.15) is 25.8 Å². The van der Waals surface area contributed by atoms with Gasteiger partial charge in [-0.3, -0.25) is 14.2 Å². The van der Waals surface area contributed by atoms with Gasteiger partial charge in [-0.25, -0.2) is 9.36 Å². The third kappa shape index (κ3) is 3.17. The van der Waals surface area contributed by atoms with E-state index in [0.717, 1.165) is 17.4 Å². The molecular weight excluding hydrogens is 366 g/mol. The van der Waals surface area contributed by atoms with Crippen molar-refractivity contribution in [1.82, 2.24) is 14.5 Å². The van der Waals surface area contributed by atoms with Gasteiger partial charge < -0.3 is 5.32 Å². The van der Waals surface area contributed by atoms with Gasteiger partial charge in [0.25, 0.3) is 5.56 Å². The molecule has 0 saturated heterocycles. The summed E-state index contributed by atoms with van der Waals surface area (Å²) >= 11 is 6.05. The Morgan fingerprint density at radius 2 is 1.89 bits per heavy atom. The molecule has 6 nitrogen and oxygen atoms in total. The summed E-state index contributed by atoms with van der Waals surface area (Å²) in [4.78, 5) is 38.9. The highest BCUT2D eigenvalue weighted by Gasteiger charge is 2.28. The molecule has 0 bridgehead atoms. The molecule has 1 aromatic heterocycles. The minimum absolute atomic E-state index is 0.181. The van der Waals surface area contributed by atoms with Gasteiger partial charge in [0.1, 0.15) is 6.04 Å². The fraction of sp³-hybridized carbons (Fsp3) is 0.250. The van der Waals surface area contributed by atoms with E-state index in [4.69, 9.17) is 11.6 Å². The van der Waals surface area contributed by atoms with Crippen LogP contribution in [0, 0.1) is 0 Å². The van der Waals surface area contributed by atoms with Crippen molar-refractivity contribution in [3.63, 3.8) is 0 Å². The lowest BCUT2D eigenvalue weighted by Crippen LogP contribution is -2.44. The van der Waals surface area contributed by atoms with Gasteiger partial charge in [0.15, 0.2) is 0 Å². The fourth-order valence-corrected chi connectivity index (χ4v) is 3.35. The van der Waals surface area contributed by atoms with E-state index in [1.807, 2.05) is 0 Å². The third-order valence-corrected chi connectivity index (χ3v) is 4.99. The molecule has 1 amide bonds. The molecule has 1 fully saturated rings. The lowest BCUT2D eigenvalue weighted by atomic mass is 10.2. The SMILES string of the molecule is C[C@H](C(=O)NC1CC1)n1c(=O)n(-c2cccc(Cl)c2)c(=O)c2ccccc21. The van der Waals surface area contributed by atoms with Gasteiger partial charge in [-0.15, -0.1) is 0 Å². The van der Waals surface area contributed by atoms with Crippen molar-refractivity contribution in [2.24, 2.45) is 0 Å².